The number of hydrogen-bond donors (Lipinski definition) is 2. The Bertz CT molecular complexity index is 436. The molecule has 0 aromatic carbocycles. The lowest BCUT2D eigenvalue weighted by Gasteiger charge is -2.36. The lowest BCUT2D eigenvalue weighted by Crippen LogP contribution is -2.45. The number of aromatic nitrogens is 2. The highest BCUT2D eigenvalue weighted by molar-refractivity contribution is 6.31. The van der Waals surface area contributed by atoms with Crippen LogP contribution in [0.1, 0.15) is 38.1 Å². The maximum Gasteiger partial charge on any atom is 0.0850 e. The van der Waals surface area contributed by atoms with Gasteiger partial charge >= 0.3 is 0 Å². The molecule has 0 radical (unpaired) electrons. The van der Waals surface area contributed by atoms with Gasteiger partial charge in [-0.3, -0.25) is 4.68 Å². The SMILES string of the molecule is CCc1nn(C)c(CC(C)(O)C2CCCNC2)c1Cl. The fraction of sp³-hybridized carbons (Fsp3) is 0.786. The Hall–Kier alpha value is -0.580. The van der Waals surface area contributed by atoms with E-state index < -0.39 is 5.60 Å². The molecule has 1 saturated heterocycles. The monoisotopic (exact) mass is 285 g/mol. The van der Waals surface area contributed by atoms with E-state index in [1.54, 1.807) is 0 Å². The topological polar surface area (TPSA) is 50.1 Å². The van der Waals surface area contributed by atoms with Gasteiger partial charge in [-0.1, -0.05) is 18.5 Å². The Labute approximate surface area is 120 Å². The molecule has 1 aromatic heterocycles. The van der Waals surface area contributed by atoms with Crippen LogP contribution in [-0.2, 0) is 19.9 Å². The van der Waals surface area contributed by atoms with Crippen LogP contribution in [0.4, 0.5) is 0 Å². The van der Waals surface area contributed by atoms with Crippen LogP contribution < -0.4 is 5.32 Å². The van der Waals surface area contributed by atoms with Crippen LogP contribution in [0.5, 0.6) is 0 Å². The number of piperidine rings is 1. The summed E-state index contributed by atoms with van der Waals surface area (Å²) in [6, 6.07) is 0. The van der Waals surface area contributed by atoms with Crippen molar-refractivity contribution in [2.45, 2.75) is 45.1 Å². The van der Waals surface area contributed by atoms with Crippen LogP contribution in [-0.4, -0.2) is 33.6 Å². The van der Waals surface area contributed by atoms with E-state index >= 15 is 0 Å². The molecule has 2 heterocycles. The number of nitrogens with one attached hydrogen (secondary N) is 1. The number of aliphatic hydroxyl groups is 1. The molecule has 2 N–H and O–H groups in total. The molecule has 5 heteroatoms. The zero-order valence-electron chi connectivity index (χ0n) is 12.0. The molecule has 0 amide bonds. The van der Waals surface area contributed by atoms with Gasteiger partial charge in [0, 0.05) is 25.9 Å². The van der Waals surface area contributed by atoms with Gasteiger partial charge in [-0.2, -0.15) is 5.10 Å². The Morgan fingerprint density at radius 3 is 2.84 bits per heavy atom. The van der Waals surface area contributed by atoms with E-state index in [1.807, 2.05) is 25.6 Å². The minimum Gasteiger partial charge on any atom is -0.389 e. The van der Waals surface area contributed by atoms with Crippen molar-refractivity contribution in [1.82, 2.24) is 15.1 Å². The van der Waals surface area contributed by atoms with Gasteiger partial charge in [-0.15, -0.1) is 0 Å². The molecule has 1 aliphatic rings. The van der Waals surface area contributed by atoms with Crippen molar-refractivity contribution in [2.24, 2.45) is 13.0 Å². The molecule has 0 saturated carbocycles. The first-order valence-corrected chi connectivity index (χ1v) is 7.47. The normalized spacial score (nSPS) is 23.3. The molecule has 1 aromatic rings. The van der Waals surface area contributed by atoms with Gasteiger partial charge in [-0.05, 0) is 32.7 Å². The van der Waals surface area contributed by atoms with Gasteiger partial charge < -0.3 is 10.4 Å². The molecule has 0 spiro atoms. The van der Waals surface area contributed by atoms with Crippen LogP contribution in [0, 0.1) is 5.92 Å². The van der Waals surface area contributed by atoms with E-state index in [1.165, 1.54) is 0 Å². The second-order valence-electron chi connectivity index (χ2n) is 5.76. The molecule has 1 fully saturated rings. The number of nitrogens with zero attached hydrogens (tertiary/aromatic N) is 2. The van der Waals surface area contributed by atoms with Crippen molar-refractivity contribution in [1.29, 1.82) is 0 Å². The summed E-state index contributed by atoms with van der Waals surface area (Å²) < 4.78 is 1.81. The maximum absolute atomic E-state index is 10.8. The number of rotatable bonds is 4. The van der Waals surface area contributed by atoms with Crippen LogP contribution in [0.15, 0.2) is 0 Å². The van der Waals surface area contributed by atoms with Gasteiger partial charge in [0.15, 0.2) is 0 Å². The minimum absolute atomic E-state index is 0.275. The molecule has 108 valence electrons. The second-order valence-corrected chi connectivity index (χ2v) is 6.14. The molecule has 4 nitrogen and oxygen atoms in total. The summed E-state index contributed by atoms with van der Waals surface area (Å²) in [7, 11) is 1.90. The van der Waals surface area contributed by atoms with E-state index in [4.69, 9.17) is 11.6 Å². The fourth-order valence-electron chi connectivity index (χ4n) is 2.88. The van der Waals surface area contributed by atoms with Gasteiger partial charge in [0.25, 0.3) is 0 Å². The molecule has 2 rings (SSSR count). The number of aryl methyl sites for hydroxylation is 2. The number of halogens is 1. The third-order valence-corrected chi connectivity index (χ3v) is 4.64. The zero-order valence-corrected chi connectivity index (χ0v) is 12.8. The summed E-state index contributed by atoms with van der Waals surface area (Å²) in [5, 5.41) is 19.3. The highest BCUT2D eigenvalue weighted by Gasteiger charge is 2.34. The lowest BCUT2D eigenvalue weighted by atomic mass is 9.80. The van der Waals surface area contributed by atoms with E-state index in [9.17, 15) is 5.11 Å². The predicted octanol–water partition coefficient (Wildman–Crippen LogP) is 1.93. The standard InChI is InChI=1S/C14H24ClN3O/c1-4-11-13(15)12(18(3)17-11)8-14(2,19)10-6-5-7-16-9-10/h10,16,19H,4-9H2,1-3H3. The molecule has 2 unspecified atom stereocenters. The van der Waals surface area contributed by atoms with E-state index in [0.29, 0.717) is 11.4 Å². The van der Waals surface area contributed by atoms with Crippen LogP contribution in [0.3, 0.4) is 0 Å². The fourth-order valence-corrected chi connectivity index (χ4v) is 3.24. The first-order valence-electron chi connectivity index (χ1n) is 7.09. The summed E-state index contributed by atoms with van der Waals surface area (Å²) in [6.07, 6.45) is 3.57. The summed E-state index contributed by atoms with van der Waals surface area (Å²) in [6.45, 7) is 5.89. The Kier molecular flexibility index (Phi) is 4.54. The molecule has 1 aliphatic heterocycles. The largest absolute Gasteiger partial charge is 0.389 e. The third kappa shape index (κ3) is 3.12. The molecule has 0 bridgehead atoms. The van der Waals surface area contributed by atoms with Crippen molar-refractivity contribution in [2.75, 3.05) is 13.1 Å². The van der Waals surface area contributed by atoms with Gasteiger partial charge in [0.2, 0.25) is 0 Å². The van der Waals surface area contributed by atoms with Gasteiger partial charge in [-0.25, -0.2) is 0 Å². The highest BCUT2D eigenvalue weighted by atomic mass is 35.5. The van der Waals surface area contributed by atoms with Gasteiger partial charge in [0.1, 0.15) is 0 Å². The number of hydrogen-bond acceptors (Lipinski definition) is 3. The summed E-state index contributed by atoms with van der Waals surface area (Å²) in [5.41, 5.74) is 1.11. The van der Waals surface area contributed by atoms with Crippen molar-refractivity contribution < 1.29 is 5.11 Å². The molecule has 2 atom stereocenters. The highest BCUT2D eigenvalue weighted by Crippen LogP contribution is 2.31. The Balaban J connectivity index is 2.17. The third-order valence-electron chi connectivity index (χ3n) is 4.20. The zero-order chi connectivity index (χ0) is 14.0. The second kappa shape index (κ2) is 5.81. The van der Waals surface area contributed by atoms with E-state index in [0.717, 1.165) is 43.7 Å². The molecule has 19 heavy (non-hydrogen) atoms. The average Bonchev–Trinajstić information content (AvgIpc) is 2.67. The Morgan fingerprint density at radius 1 is 1.58 bits per heavy atom. The average molecular weight is 286 g/mol. The summed E-state index contributed by atoms with van der Waals surface area (Å²) >= 11 is 6.36. The maximum atomic E-state index is 10.8. The predicted molar refractivity (Wildman–Crippen MR) is 77.5 cm³/mol. The van der Waals surface area contributed by atoms with Crippen LogP contribution in [0.2, 0.25) is 5.02 Å². The minimum atomic E-state index is -0.740. The lowest BCUT2D eigenvalue weighted by molar-refractivity contribution is -0.0116. The van der Waals surface area contributed by atoms with Crippen molar-refractivity contribution in [3.8, 4) is 0 Å². The van der Waals surface area contributed by atoms with Gasteiger partial charge in [0.05, 0.1) is 22.0 Å². The van der Waals surface area contributed by atoms with Crippen molar-refractivity contribution in [3.63, 3.8) is 0 Å². The quantitative estimate of drug-likeness (QED) is 0.889. The van der Waals surface area contributed by atoms with Crippen molar-refractivity contribution in [3.05, 3.63) is 16.4 Å². The van der Waals surface area contributed by atoms with Crippen molar-refractivity contribution >= 4 is 11.6 Å². The van der Waals surface area contributed by atoms with E-state index in [-0.39, 0.29) is 5.92 Å². The Morgan fingerprint density at radius 2 is 2.32 bits per heavy atom. The first kappa shape index (κ1) is 14.8. The van der Waals surface area contributed by atoms with E-state index in [2.05, 4.69) is 10.4 Å². The molecular weight excluding hydrogens is 262 g/mol. The summed E-state index contributed by atoms with van der Waals surface area (Å²) in [5.74, 6) is 0.275. The van der Waals surface area contributed by atoms with Crippen LogP contribution in [0.25, 0.3) is 0 Å². The first-order chi connectivity index (χ1) is 8.95. The smallest absolute Gasteiger partial charge is 0.0850 e. The van der Waals surface area contributed by atoms with Crippen LogP contribution >= 0.6 is 11.6 Å². The molecule has 0 aliphatic carbocycles. The summed E-state index contributed by atoms with van der Waals surface area (Å²) in [4.78, 5) is 0. The molecular formula is C14H24ClN3O.